The average Bonchev–Trinajstić information content (AvgIpc) is 1.12. The second-order valence-electron chi connectivity index (χ2n) is 29.3. The molecule has 0 heterocycles. The van der Waals surface area contributed by atoms with Crippen LogP contribution >= 0.6 is 15.6 Å². The van der Waals surface area contributed by atoms with E-state index in [1.165, 1.54) is 250 Å². The molecule has 0 bridgehead atoms. The van der Waals surface area contributed by atoms with Crippen LogP contribution in [-0.4, -0.2) is 96.7 Å². The minimum atomic E-state index is -4.96. The van der Waals surface area contributed by atoms with Crippen LogP contribution in [0.15, 0.2) is 0 Å². The van der Waals surface area contributed by atoms with Gasteiger partial charge < -0.3 is 33.8 Å². The highest BCUT2D eigenvalue weighted by Crippen LogP contribution is 2.45. The number of hydrogen-bond donors (Lipinski definition) is 3. The molecule has 99 heavy (non-hydrogen) atoms. The lowest BCUT2D eigenvalue weighted by Crippen LogP contribution is -2.30. The number of phosphoric ester groups is 2. The van der Waals surface area contributed by atoms with Crippen LogP contribution in [0.25, 0.3) is 0 Å². The first kappa shape index (κ1) is 97.1. The van der Waals surface area contributed by atoms with Crippen LogP contribution in [0.5, 0.6) is 0 Å². The number of phosphoric acid groups is 2. The molecule has 2 unspecified atom stereocenters. The number of rotatable bonds is 80. The average molecular weight is 1450 g/mol. The fraction of sp³-hybridized carbons (Fsp3) is 0.950. The van der Waals surface area contributed by atoms with E-state index < -0.39 is 97.5 Å². The predicted octanol–water partition coefficient (Wildman–Crippen LogP) is 24.0. The van der Waals surface area contributed by atoms with Crippen LogP contribution in [0.2, 0.25) is 0 Å². The Morgan fingerprint density at radius 3 is 0.687 bits per heavy atom. The molecule has 588 valence electrons. The number of aliphatic hydroxyl groups is 1. The van der Waals surface area contributed by atoms with E-state index in [1.54, 1.807) is 0 Å². The Hall–Kier alpha value is -1.94. The third kappa shape index (κ3) is 74.1. The molecule has 0 aromatic rings. The van der Waals surface area contributed by atoms with Crippen molar-refractivity contribution < 1.29 is 80.2 Å². The number of carbonyl (C=O) groups excluding carboxylic acids is 4. The highest BCUT2D eigenvalue weighted by atomic mass is 31.2. The first-order valence-electron chi connectivity index (χ1n) is 41.6. The fourth-order valence-electron chi connectivity index (χ4n) is 12.4. The van der Waals surface area contributed by atoms with Gasteiger partial charge in [0.25, 0.3) is 0 Å². The number of carbonyl (C=O) groups is 4. The van der Waals surface area contributed by atoms with Crippen molar-refractivity contribution in [2.24, 2.45) is 5.92 Å². The lowest BCUT2D eigenvalue weighted by Gasteiger charge is -2.21. The molecule has 0 aliphatic rings. The summed E-state index contributed by atoms with van der Waals surface area (Å²) >= 11 is 0. The number of hydrogen-bond acceptors (Lipinski definition) is 15. The standard InChI is InChI=1S/C80H156O17P2/c1-6-9-12-15-18-21-24-27-29-30-31-32-33-35-38-41-44-51-56-61-66-80(85)96-75(69-90-77(82)63-58-53-48-42-39-37-34-28-25-22-19-16-13-10-7-2)71-94-98(86,87)92-67-74(81)68-93-99(88,89)95-72-76(70-91-78(83)64-59-54-49-46-45-47-52-57-62-73(4)5)97-79(84)65-60-55-50-43-40-36-26-23-20-17-14-11-8-3/h73-76,81H,6-72H2,1-5H3,(H,86,87)(H,88,89)/t74-,75-,76-/m1/s1. The summed E-state index contributed by atoms with van der Waals surface area (Å²) < 4.78 is 68.7. The van der Waals surface area contributed by atoms with Crippen LogP contribution in [0.4, 0.5) is 0 Å². The Labute approximate surface area is 607 Å². The van der Waals surface area contributed by atoms with E-state index in [0.29, 0.717) is 25.7 Å². The molecule has 17 nitrogen and oxygen atoms in total. The molecule has 19 heteroatoms. The number of aliphatic hydroxyl groups excluding tert-OH is 1. The van der Waals surface area contributed by atoms with E-state index >= 15 is 0 Å². The van der Waals surface area contributed by atoms with Crippen molar-refractivity contribution in [1.29, 1.82) is 0 Å². The van der Waals surface area contributed by atoms with Crippen LogP contribution in [0.3, 0.4) is 0 Å². The van der Waals surface area contributed by atoms with Gasteiger partial charge in [0.15, 0.2) is 12.2 Å². The highest BCUT2D eigenvalue weighted by molar-refractivity contribution is 7.47. The Balaban J connectivity index is 5.23. The van der Waals surface area contributed by atoms with Crippen LogP contribution in [0.1, 0.15) is 426 Å². The van der Waals surface area contributed by atoms with Crippen LogP contribution < -0.4 is 0 Å². The van der Waals surface area contributed by atoms with Crippen molar-refractivity contribution in [2.45, 2.75) is 445 Å². The minimum Gasteiger partial charge on any atom is -0.462 e. The van der Waals surface area contributed by atoms with Gasteiger partial charge in [0.1, 0.15) is 19.3 Å². The van der Waals surface area contributed by atoms with Crippen molar-refractivity contribution in [2.75, 3.05) is 39.6 Å². The third-order valence-corrected chi connectivity index (χ3v) is 20.7. The van der Waals surface area contributed by atoms with E-state index in [2.05, 4.69) is 34.6 Å². The molecule has 0 aromatic heterocycles. The molecule has 0 aliphatic carbocycles. The summed E-state index contributed by atoms with van der Waals surface area (Å²) in [6.07, 6.45) is 63.8. The van der Waals surface area contributed by atoms with Gasteiger partial charge in [-0.1, -0.05) is 375 Å². The monoisotopic (exact) mass is 1450 g/mol. The van der Waals surface area contributed by atoms with E-state index in [4.69, 9.17) is 37.0 Å². The Kier molecular flexibility index (Phi) is 71.6. The normalized spacial score (nSPS) is 13.9. The zero-order valence-corrected chi connectivity index (χ0v) is 66.4. The summed E-state index contributed by atoms with van der Waals surface area (Å²) in [5.41, 5.74) is 0. The topological polar surface area (TPSA) is 237 Å². The van der Waals surface area contributed by atoms with Crippen LogP contribution in [0, 0.1) is 5.92 Å². The summed E-state index contributed by atoms with van der Waals surface area (Å²) in [7, 11) is -9.92. The number of unbranched alkanes of at least 4 members (excludes halogenated alkanes) is 52. The van der Waals surface area contributed by atoms with Gasteiger partial charge in [0.05, 0.1) is 26.4 Å². The van der Waals surface area contributed by atoms with E-state index in [9.17, 15) is 43.2 Å². The molecule has 0 aliphatic heterocycles. The van der Waals surface area contributed by atoms with Crippen molar-refractivity contribution in [3.05, 3.63) is 0 Å². The maximum absolute atomic E-state index is 13.1. The second-order valence-corrected chi connectivity index (χ2v) is 32.2. The SMILES string of the molecule is CCCCCCCCCCCCCCCCCCCCCCC(=O)O[C@H](COC(=O)CCCCCCCCCCCCCCCCC)COP(=O)(O)OC[C@@H](O)COP(=O)(O)OC[C@@H](COC(=O)CCCCCCCCCCC(C)C)OC(=O)CCCCCCCCCCCCCCC. The maximum atomic E-state index is 13.1. The lowest BCUT2D eigenvalue weighted by molar-refractivity contribution is -0.161. The summed E-state index contributed by atoms with van der Waals surface area (Å²) in [5.74, 6) is -1.38. The Morgan fingerprint density at radius 1 is 0.273 bits per heavy atom. The molecule has 0 rings (SSSR count). The summed E-state index contributed by atoms with van der Waals surface area (Å²) in [5, 5.41) is 10.6. The van der Waals surface area contributed by atoms with Gasteiger partial charge in [-0.3, -0.25) is 37.3 Å². The molecule has 0 saturated carbocycles. The van der Waals surface area contributed by atoms with Crippen molar-refractivity contribution in [1.82, 2.24) is 0 Å². The van der Waals surface area contributed by atoms with Gasteiger partial charge in [-0.05, 0) is 31.6 Å². The molecule has 0 saturated heterocycles. The van der Waals surface area contributed by atoms with Crippen LogP contribution in [-0.2, 0) is 65.4 Å². The summed E-state index contributed by atoms with van der Waals surface area (Å²) in [4.78, 5) is 73.0. The molecular weight excluding hydrogens is 1290 g/mol. The van der Waals surface area contributed by atoms with Crippen molar-refractivity contribution in [3.8, 4) is 0 Å². The zero-order chi connectivity index (χ0) is 72.7. The van der Waals surface area contributed by atoms with E-state index in [-0.39, 0.29) is 25.7 Å². The highest BCUT2D eigenvalue weighted by Gasteiger charge is 2.30. The maximum Gasteiger partial charge on any atom is 0.472 e. The quantitative estimate of drug-likeness (QED) is 0.0222. The largest absolute Gasteiger partial charge is 0.472 e. The molecule has 5 atom stereocenters. The van der Waals surface area contributed by atoms with Gasteiger partial charge in [0.2, 0.25) is 0 Å². The molecule has 0 radical (unpaired) electrons. The molecule has 0 fully saturated rings. The number of ether oxygens (including phenoxy) is 4. The minimum absolute atomic E-state index is 0.108. The third-order valence-electron chi connectivity index (χ3n) is 18.8. The van der Waals surface area contributed by atoms with Gasteiger partial charge in [0, 0.05) is 25.7 Å². The molecule has 0 amide bonds. The predicted molar refractivity (Wildman–Crippen MR) is 405 cm³/mol. The van der Waals surface area contributed by atoms with Crippen molar-refractivity contribution in [3.63, 3.8) is 0 Å². The first-order valence-corrected chi connectivity index (χ1v) is 44.6. The molecular formula is C80H156O17P2. The van der Waals surface area contributed by atoms with Gasteiger partial charge in [-0.2, -0.15) is 0 Å². The van der Waals surface area contributed by atoms with Crippen molar-refractivity contribution >= 4 is 39.5 Å². The van der Waals surface area contributed by atoms with E-state index in [1.807, 2.05) is 0 Å². The fourth-order valence-corrected chi connectivity index (χ4v) is 14.0. The zero-order valence-electron chi connectivity index (χ0n) is 64.6. The first-order chi connectivity index (χ1) is 48.0. The molecule has 0 aromatic carbocycles. The van der Waals surface area contributed by atoms with Gasteiger partial charge in [-0.25, -0.2) is 9.13 Å². The van der Waals surface area contributed by atoms with E-state index in [0.717, 1.165) is 95.8 Å². The van der Waals surface area contributed by atoms with Gasteiger partial charge in [-0.15, -0.1) is 0 Å². The Bertz CT molecular complexity index is 1890. The molecule has 0 spiro atoms. The second kappa shape index (κ2) is 73.0. The Morgan fingerprint density at radius 2 is 0.465 bits per heavy atom. The lowest BCUT2D eigenvalue weighted by atomic mass is 10.0. The number of esters is 4. The summed E-state index contributed by atoms with van der Waals surface area (Å²) in [6, 6.07) is 0. The van der Waals surface area contributed by atoms with Gasteiger partial charge >= 0.3 is 39.5 Å². The summed E-state index contributed by atoms with van der Waals surface area (Å²) in [6.45, 7) is 7.29. The molecule has 3 N–H and O–H groups in total. The smallest absolute Gasteiger partial charge is 0.462 e.